The first-order valence-electron chi connectivity index (χ1n) is 19.1. The molecule has 0 spiro atoms. The maximum absolute atomic E-state index is 5.52. The smallest absolute Gasteiger partial charge is 0.144 e. The SMILES string of the molecule is C1=CC2=C(c3ccccc3)c3cc(c4cc5ccccc5cn34)C(c3ccccc3)=C3C=CC(=C(c4ccccc4)C4=NC(=C(c5ccccc5)C1=N2)C=C4)[NH2+]3. The fraction of sp³-hybridized carbons (Fsp3) is 0. The van der Waals surface area contributed by atoms with Crippen molar-refractivity contribution in [3.8, 4) is 0 Å². The fourth-order valence-electron chi connectivity index (χ4n) is 8.51. The lowest BCUT2D eigenvalue weighted by atomic mass is 9.94. The van der Waals surface area contributed by atoms with E-state index in [1.165, 1.54) is 16.3 Å². The minimum atomic E-state index is 0.885. The van der Waals surface area contributed by atoms with E-state index >= 15 is 0 Å². The minimum absolute atomic E-state index is 0.885. The summed E-state index contributed by atoms with van der Waals surface area (Å²) in [5.41, 5.74) is 18.1. The lowest BCUT2D eigenvalue weighted by molar-refractivity contribution is -0.537. The van der Waals surface area contributed by atoms with Gasteiger partial charge in [-0.2, -0.15) is 0 Å². The third-order valence-electron chi connectivity index (χ3n) is 11.0. The number of benzene rings is 5. The van der Waals surface area contributed by atoms with Gasteiger partial charge in [-0.05, 0) is 69.5 Å². The summed E-state index contributed by atoms with van der Waals surface area (Å²) in [5, 5.41) is 4.72. The van der Waals surface area contributed by atoms with Crippen LogP contribution < -0.4 is 5.32 Å². The van der Waals surface area contributed by atoms with Crippen LogP contribution in [-0.4, -0.2) is 15.8 Å². The van der Waals surface area contributed by atoms with Gasteiger partial charge < -0.3 is 4.40 Å². The van der Waals surface area contributed by atoms with Crippen molar-refractivity contribution in [3.63, 3.8) is 0 Å². The maximum atomic E-state index is 5.52. The largest absolute Gasteiger partial charge is 0.315 e. The molecule has 0 saturated carbocycles. The third-order valence-corrected chi connectivity index (χ3v) is 11.0. The van der Waals surface area contributed by atoms with Gasteiger partial charge in [0.05, 0.1) is 45.2 Å². The van der Waals surface area contributed by atoms with Crippen LogP contribution in [0.15, 0.2) is 233 Å². The number of aliphatic imine (C=N–C) groups is 2. The second-order valence-corrected chi connectivity index (χ2v) is 14.4. The Balaban J connectivity index is 1.30. The predicted octanol–water partition coefficient (Wildman–Crippen LogP) is 10.6. The molecule has 6 heterocycles. The molecule has 5 aromatic carbocycles. The molecule has 7 aromatic rings. The average molecular weight is 716 g/mol. The topological polar surface area (TPSA) is 45.7 Å². The molecule has 4 aliphatic heterocycles. The number of pyridine rings is 1. The van der Waals surface area contributed by atoms with Gasteiger partial charge in [-0.1, -0.05) is 146 Å². The first-order chi connectivity index (χ1) is 27.8. The van der Waals surface area contributed by atoms with Crippen LogP contribution in [0.1, 0.15) is 33.5 Å². The van der Waals surface area contributed by atoms with Gasteiger partial charge in [-0.3, -0.25) is 5.32 Å². The maximum Gasteiger partial charge on any atom is 0.144 e. The van der Waals surface area contributed by atoms with Gasteiger partial charge in [0, 0.05) is 35.1 Å². The number of nitrogens with zero attached hydrogens (tertiary/aromatic N) is 3. The highest BCUT2D eigenvalue weighted by Crippen LogP contribution is 2.41. The van der Waals surface area contributed by atoms with Crippen molar-refractivity contribution >= 4 is 50.0 Å². The van der Waals surface area contributed by atoms with E-state index < -0.39 is 0 Å². The zero-order valence-electron chi connectivity index (χ0n) is 30.5. The van der Waals surface area contributed by atoms with Crippen LogP contribution in [0.5, 0.6) is 0 Å². The number of rotatable bonds is 4. The predicted molar refractivity (Wildman–Crippen MR) is 231 cm³/mol. The zero-order chi connectivity index (χ0) is 37.0. The Morgan fingerprint density at radius 1 is 0.393 bits per heavy atom. The lowest BCUT2D eigenvalue weighted by Crippen LogP contribution is -2.77. The number of quaternary nitrogens is 1. The Morgan fingerprint density at radius 3 is 1.46 bits per heavy atom. The van der Waals surface area contributed by atoms with Crippen molar-refractivity contribution < 1.29 is 5.32 Å². The highest BCUT2D eigenvalue weighted by molar-refractivity contribution is 6.35. The van der Waals surface area contributed by atoms with E-state index in [-0.39, 0.29) is 0 Å². The summed E-state index contributed by atoms with van der Waals surface area (Å²) >= 11 is 0. The Morgan fingerprint density at radius 2 is 0.857 bits per heavy atom. The van der Waals surface area contributed by atoms with Gasteiger partial charge >= 0.3 is 0 Å². The molecule has 0 saturated heterocycles. The number of nitrogens with two attached hydrogens (primary N) is 1. The molecule has 4 heteroatoms. The summed E-state index contributed by atoms with van der Waals surface area (Å²) in [5.74, 6) is 0. The fourth-order valence-corrected chi connectivity index (χ4v) is 8.51. The number of fused-ring (bicyclic) bond motifs is 10. The van der Waals surface area contributed by atoms with Crippen LogP contribution in [0.2, 0.25) is 0 Å². The van der Waals surface area contributed by atoms with Crippen molar-refractivity contribution in [2.75, 3.05) is 0 Å². The van der Waals surface area contributed by atoms with Gasteiger partial charge in [0.1, 0.15) is 11.4 Å². The van der Waals surface area contributed by atoms with Gasteiger partial charge in [-0.15, -0.1) is 0 Å². The van der Waals surface area contributed by atoms with Crippen LogP contribution >= 0.6 is 0 Å². The van der Waals surface area contributed by atoms with Crippen molar-refractivity contribution in [2.24, 2.45) is 9.98 Å². The Hall–Kier alpha value is -7.40. The molecule has 8 bridgehead atoms. The number of allylic oxidation sites excluding steroid dienone is 8. The second kappa shape index (κ2) is 13.2. The van der Waals surface area contributed by atoms with Crippen molar-refractivity contribution in [1.82, 2.24) is 4.40 Å². The van der Waals surface area contributed by atoms with Crippen LogP contribution in [0.3, 0.4) is 0 Å². The van der Waals surface area contributed by atoms with Crippen LogP contribution in [0, 0.1) is 0 Å². The highest BCUT2D eigenvalue weighted by atomic mass is 14.9. The number of hydrogen-bond donors (Lipinski definition) is 1. The monoisotopic (exact) mass is 715 g/mol. The molecule has 262 valence electrons. The summed E-state index contributed by atoms with van der Waals surface area (Å²) in [6, 6.07) is 56.1. The van der Waals surface area contributed by atoms with Crippen molar-refractivity contribution in [3.05, 3.63) is 257 Å². The molecule has 4 nitrogen and oxygen atoms in total. The molecule has 0 unspecified atom stereocenters. The van der Waals surface area contributed by atoms with Crippen LogP contribution in [0.25, 0.3) is 38.6 Å². The zero-order valence-corrected chi connectivity index (χ0v) is 30.5. The van der Waals surface area contributed by atoms with E-state index in [4.69, 9.17) is 9.98 Å². The third kappa shape index (κ3) is 5.35. The van der Waals surface area contributed by atoms with Gasteiger partial charge in [0.2, 0.25) is 0 Å². The van der Waals surface area contributed by atoms with Gasteiger partial charge in [0.25, 0.3) is 0 Å². The summed E-state index contributed by atoms with van der Waals surface area (Å²) in [4.78, 5) is 10.9. The van der Waals surface area contributed by atoms with E-state index in [0.29, 0.717) is 0 Å². The lowest BCUT2D eigenvalue weighted by Gasteiger charge is -2.12. The Kier molecular flexibility index (Phi) is 7.54. The quantitative estimate of drug-likeness (QED) is 0.189. The number of aromatic nitrogens is 1. The molecular formula is C52H35N4+. The van der Waals surface area contributed by atoms with E-state index in [0.717, 1.165) is 90.0 Å². The van der Waals surface area contributed by atoms with E-state index in [2.05, 4.69) is 210 Å². The standard InChI is InChI=1S/C52H34N4/c1-5-15-34(16-6-1)49-40-32-48(56-33-39-24-14-13-23-38(39)31-47(40)56)52(37-21-11-4-12-22-37)46-30-29-45(55-46)51(36-19-9-3-10-20-36)44-28-27-43(54-44)50(35-17-7-2-8-18-35)42-26-25-41(49)53-42/h1-33,53H/p+1. The molecule has 0 aliphatic carbocycles. The molecule has 0 fully saturated rings. The molecular weight excluding hydrogens is 681 g/mol. The molecule has 0 atom stereocenters. The molecule has 56 heavy (non-hydrogen) atoms. The van der Waals surface area contributed by atoms with Crippen molar-refractivity contribution in [1.29, 1.82) is 0 Å². The van der Waals surface area contributed by atoms with E-state index in [1.54, 1.807) is 0 Å². The normalized spacial score (nSPS) is 16.2. The Bertz CT molecular complexity index is 3040. The first-order valence-corrected chi connectivity index (χ1v) is 19.1. The van der Waals surface area contributed by atoms with E-state index in [9.17, 15) is 0 Å². The van der Waals surface area contributed by atoms with Crippen LogP contribution in [-0.2, 0) is 0 Å². The summed E-state index contributed by atoms with van der Waals surface area (Å²) < 4.78 is 2.38. The highest BCUT2D eigenvalue weighted by Gasteiger charge is 2.30. The van der Waals surface area contributed by atoms with Crippen molar-refractivity contribution in [2.45, 2.75) is 0 Å². The second-order valence-electron chi connectivity index (χ2n) is 14.4. The summed E-state index contributed by atoms with van der Waals surface area (Å²) in [6.07, 6.45) is 15.5. The molecule has 4 aliphatic rings. The Labute approximate surface area is 325 Å². The summed E-state index contributed by atoms with van der Waals surface area (Å²) in [6.45, 7) is 0. The number of hydrogen-bond acceptors (Lipinski definition) is 2. The molecule has 2 N–H and O–H groups in total. The first kappa shape index (κ1) is 32.1. The summed E-state index contributed by atoms with van der Waals surface area (Å²) in [7, 11) is 0. The minimum Gasteiger partial charge on any atom is -0.315 e. The van der Waals surface area contributed by atoms with Crippen LogP contribution in [0.4, 0.5) is 0 Å². The molecule has 0 amide bonds. The van der Waals surface area contributed by atoms with Gasteiger partial charge in [-0.25, -0.2) is 9.98 Å². The van der Waals surface area contributed by atoms with E-state index in [1.807, 2.05) is 0 Å². The van der Waals surface area contributed by atoms with Gasteiger partial charge in [0.15, 0.2) is 0 Å². The molecule has 0 radical (unpaired) electrons. The molecule has 2 aromatic heterocycles. The average Bonchev–Trinajstić information content (AvgIpc) is 4.09. The molecule has 11 rings (SSSR count).